The number of anilines is 2. The summed E-state index contributed by atoms with van der Waals surface area (Å²) in [5, 5.41) is 2.73. The molecule has 6 heteroatoms. The molecule has 1 heterocycles. The molecule has 2 amide bonds. The fraction of sp³-hybridized carbons (Fsp3) is 0.118. The third-order valence-corrected chi connectivity index (χ3v) is 4.03. The van der Waals surface area contributed by atoms with Crippen molar-refractivity contribution in [1.82, 2.24) is 0 Å². The highest BCUT2D eigenvalue weighted by atomic mass is 79.9. The van der Waals surface area contributed by atoms with Crippen LogP contribution in [-0.2, 0) is 9.59 Å². The van der Waals surface area contributed by atoms with Gasteiger partial charge in [0.2, 0.25) is 5.91 Å². The Morgan fingerprint density at radius 3 is 2.70 bits per heavy atom. The van der Waals surface area contributed by atoms with Crippen molar-refractivity contribution in [2.45, 2.75) is 6.92 Å². The first-order valence-corrected chi connectivity index (χ1v) is 7.77. The molecule has 116 valence electrons. The number of rotatable bonds is 3. The Morgan fingerprint density at radius 2 is 1.96 bits per heavy atom. The van der Waals surface area contributed by atoms with Crippen LogP contribution in [0, 0.1) is 6.92 Å². The molecule has 0 aromatic heterocycles. The first-order valence-electron chi connectivity index (χ1n) is 6.98. The highest BCUT2D eigenvalue weighted by Gasteiger charge is 2.36. The van der Waals surface area contributed by atoms with E-state index in [0.29, 0.717) is 21.4 Å². The normalized spacial score (nSPS) is 13.2. The molecule has 1 aliphatic rings. The molecular weight excluding hydrogens is 360 g/mol. The maximum Gasteiger partial charge on any atom is 0.299 e. The van der Waals surface area contributed by atoms with Crippen molar-refractivity contribution in [1.29, 1.82) is 0 Å². The van der Waals surface area contributed by atoms with E-state index < -0.39 is 11.7 Å². The van der Waals surface area contributed by atoms with Crippen LogP contribution in [-0.4, -0.2) is 24.1 Å². The Labute approximate surface area is 141 Å². The van der Waals surface area contributed by atoms with E-state index in [4.69, 9.17) is 0 Å². The fourth-order valence-corrected chi connectivity index (χ4v) is 2.86. The van der Waals surface area contributed by atoms with Crippen LogP contribution in [0.2, 0.25) is 0 Å². The van der Waals surface area contributed by atoms with E-state index in [-0.39, 0.29) is 12.5 Å². The van der Waals surface area contributed by atoms with E-state index >= 15 is 0 Å². The van der Waals surface area contributed by atoms with E-state index in [2.05, 4.69) is 21.2 Å². The van der Waals surface area contributed by atoms with Gasteiger partial charge in [0.25, 0.3) is 11.7 Å². The number of Topliss-reactive ketones (excluding diaryl/α,β-unsaturated/α-hetero) is 1. The third-order valence-electron chi connectivity index (χ3n) is 3.54. The minimum Gasteiger partial charge on any atom is -0.325 e. The Bertz CT molecular complexity index is 832. The number of ketones is 1. The Morgan fingerprint density at radius 1 is 1.17 bits per heavy atom. The molecular formula is C17H13BrN2O3. The summed E-state index contributed by atoms with van der Waals surface area (Å²) in [6.07, 6.45) is 0. The van der Waals surface area contributed by atoms with Crippen LogP contribution in [0.15, 0.2) is 46.9 Å². The van der Waals surface area contributed by atoms with Gasteiger partial charge < -0.3 is 5.32 Å². The Balaban J connectivity index is 1.79. The van der Waals surface area contributed by atoms with Crippen molar-refractivity contribution in [3.05, 3.63) is 58.1 Å². The maximum absolute atomic E-state index is 12.2. The number of aryl methyl sites for hydroxylation is 1. The molecule has 2 aromatic carbocycles. The Kier molecular flexibility index (Phi) is 4.00. The van der Waals surface area contributed by atoms with Crippen LogP contribution in [0.4, 0.5) is 11.4 Å². The van der Waals surface area contributed by atoms with E-state index in [1.165, 1.54) is 4.90 Å². The van der Waals surface area contributed by atoms with Gasteiger partial charge in [-0.15, -0.1) is 0 Å². The number of fused-ring (bicyclic) bond motifs is 1. The summed E-state index contributed by atoms with van der Waals surface area (Å²) < 4.78 is 0.712. The zero-order valence-corrected chi connectivity index (χ0v) is 13.9. The van der Waals surface area contributed by atoms with Gasteiger partial charge in [0.05, 0.1) is 11.3 Å². The maximum atomic E-state index is 12.2. The first kappa shape index (κ1) is 15.4. The average Bonchev–Trinajstić information content (AvgIpc) is 2.72. The largest absolute Gasteiger partial charge is 0.325 e. The zero-order chi connectivity index (χ0) is 16.6. The van der Waals surface area contributed by atoms with Crippen molar-refractivity contribution in [2.75, 3.05) is 16.8 Å². The van der Waals surface area contributed by atoms with Crippen molar-refractivity contribution in [3.8, 4) is 0 Å². The van der Waals surface area contributed by atoms with Crippen molar-refractivity contribution in [3.63, 3.8) is 0 Å². The quantitative estimate of drug-likeness (QED) is 0.842. The SMILES string of the molecule is Cc1cccc(NC(=O)CN2C(=O)C(=O)c3cc(Br)ccc32)c1. The number of nitrogens with zero attached hydrogens (tertiary/aromatic N) is 1. The number of halogens is 1. The molecule has 0 saturated heterocycles. The first-order chi connectivity index (χ1) is 11.0. The van der Waals surface area contributed by atoms with Gasteiger partial charge in [-0.25, -0.2) is 0 Å². The van der Waals surface area contributed by atoms with Crippen LogP contribution in [0.3, 0.4) is 0 Å². The number of carbonyl (C=O) groups excluding carboxylic acids is 3. The van der Waals surface area contributed by atoms with Crippen LogP contribution < -0.4 is 10.2 Å². The van der Waals surface area contributed by atoms with Gasteiger partial charge in [-0.2, -0.15) is 0 Å². The summed E-state index contributed by atoms with van der Waals surface area (Å²) in [5.74, 6) is -1.63. The summed E-state index contributed by atoms with van der Waals surface area (Å²) in [6, 6.07) is 12.3. The van der Waals surface area contributed by atoms with Gasteiger partial charge in [-0.1, -0.05) is 28.1 Å². The lowest BCUT2D eigenvalue weighted by Gasteiger charge is -2.16. The summed E-state index contributed by atoms with van der Waals surface area (Å²) in [7, 11) is 0. The number of benzene rings is 2. The van der Waals surface area contributed by atoms with Gasteiger partial charge in [0, 0.05) is 10.2 Å². The molecule has 1 aliphatic heterocycles. The summed E-state index contributed by atoms with van der Waals surface area (Å²) in [4.78, 5) is 37.5. The molecule has 2 aromatic rings. The molecule has 0 aliphatic carbocycles. The zero-order valence-electron chi connectivity index (χ0n) is 12.3. The van der Waals surface area contributed by atoms with Gasteiger partial charge in [-0.05, 0) is 42.8 Å². The van der Waals surface area contributed by atoms with Crippen molar-refractivity contribution < 1.29 is 14.4 Å². The molecule has 1 N–H and O–H groups in total. The van der Waals surface area contributed by atoms with E-state index in [0.717, 1.165) is 5.56 Å². The van der Waals surface area contributed by atoms with Crippen LogP contribution in [0.5, 0.6) is 0 Å². The van der Waals surface area contributed by atoms with E-state index in [9.17, 15) is 14.4 Å². The second-order valence-corrected chi connectivity index (χ2v) is 6.22. The van der Waals surface area contributed by atoms with Gasteiger partial charge in [0.15, 0.2) is 0 Å². The predicted octanol–water partition coefficient (Wildman–Crippen LogP) is 2.93. The number of hydrogen-bond acceptors (Lipinski definition) is 3. The molecule has 0 fully saturated rings. The second-order valence-electron chi connectivity index (χ2n) is 5.30. The summed E-state index contributed by atoms with van der Waals surface area (Å²) in [5.41, 5.74) is 2.45. The van der Waals surface area contributed by atoms with Gasteiger partial charge >= 0.3 is 0 Å². The lowest BCUT2D eigenvalue weighted by atomic mass is 10.1. The van der Waals surface area contributed by atoms with Crippen molar-refractivity contribution in [2.24, 2.45) is 0 Å². The molecule has 0 radical (unpaired) electrons. The van der Waals surface area contributed by atoms with Crippen LogP contribution in [0.1, 0.15) is 15.9 Å². The predicted molar refractivity (Wildman–Crippen MR) is 90.6 cm³/mol. The molecule has 3 rings (SSSR count). The molecule has 5 nitrogen and oxygen atoms in total. The highest BCUT2D eigenvalue weighted by Crippen LogP contribution is 2.31. The third kappa shape index (κ3) is 3.03. The van der Waals surface area contributed by atoms with Crippen LogP contribution >= 0.6 is 15.9 Å². The standard InChI is InChI=1S/C17H13BrN2O3/c1-10-3-2-4-12(7-10)19-15(21)9-20-14-6-5-11(18)8-13(14)16(22)17(20)23/h2-8H,9H2,1H3,(H,19,21). The molecule has 0 spiro atoms. The number of carbonyl (C=O) groups is 3. The topological polar surface area (TPSA) is 66.5 Å². The minimum atomic E-state index is -0.683. The summed E-state index contributed by atoms with van der Waals surface area (Å²) >= 11 is 3.27. The molecule has 0 atom stereocenters. The van der Waals surface area contributed by atoms with Crippen molar-refractivity contribution >= 4 is 44.9 Å². The smallest absolute Gasteiger partial charge is 0.299 e. The highest BCUT2D eigenvalue weighted by molar-refractivity contribution is 9.10. The molecule has 0 unspecified atom stereocenters. The second kappa shape index (κ2) is 5.96. The van der Waals surface area contributed by atoms with E-state index in [1.54, 1.807) is 24.3 Å². The van der Waals surface area contributed by atoms with E-state index in [1.807, 2.05) is 25.1 Å². The number of hydrogen-bond donors (Lipinski definition) is 1. The lowest BCUT2D eigenvalue weighted by molar-refractivity contribution is -0.118. The molecule has 0 bridgehead atoms. The monoisotopic (exact) mass is 372 g/mol. The van der Waals surface area contributed by atoms with Crippen LogP contribution in [0.25, 0.3) is 0 Å². The number of amides is 2. The van der Waals surface area contributed by atoms with Gasteiger partial charge in [0.1, 0.15) is 6.54 Å². The Hall–Kier alpha value is -2.47. The summed E-state index contributed by atoms with van der Waals surface area (Å²) in [6.45, 7) is 1.72. The average molecular weight is 373 g/mol. The van der Waals surface area contributed by atoms with Gasteiger partial charge in [-0.3, -0.25) is 19.3 Å². The fourth-order valence-electron chi connectivity index (χ4n) is 2.50. The minimum absolute atomic E-state index is 0.201. The lowest BCUT2D eigenvalue weighted by Crippen LogP contribution is -2.37. The number of nitrogens with one attached hydrogen (secondary N) is 1. The molecule has 0 saturated carbocycles. The molecule has 23 heavy (non-hydrogen) atoms.